The maximum absolute atomic E-state index is 14.4. The van der Waals surface area contributed by atoms with E-state index >= 15 is 0 Å². The Bertz CT molecular complexity index is 1510. The molecule has 1 saturated carbocycles. The topological polar surface area (TPSA) is 104 Å². The molecule has 2 aromatic heterocycles. The smallest absolute Gasteiger partial charge is 0.235 e. The molecule has 0 amide bonds. The summed E-state index contributed by atoms with van der Waals surface area (Å²) >= 11 is 0. The van der Waals surface area contributed by atoms with E-state index in [0.29, 0.717) is 30.1 Å². The van der Waals surface area contributed by atoms with Crippen LogP contribution in [0.5, 0.6) is 0 Å². The van der Waals surface area contributed by atoms with Gasteiger partial charge in [0.1, 0.15) is 11.5 Å². The first-order valence-electron chi connectivity index (χ1n) is 11.9. The van der Waals surface area contributed by atoms with Gasteiger partial charge in [0.2, 0.25) is 16.0 Å². The van der Waals surface area contributed by atoms with Crippen molar-refractivity contribution in [1.29, 1.82) is 0 Å². The van der Waals surface area contributed by atoms with Gasteiger partial charge in [-0.3, -0.25) is 4.72 Å². The summed E-state index contributed by atoms with van der Waals surface area (Å²) in [5.74, 6) is -0.199. The van der Waals surface area contributed by atoms with Crippen LogP contribution in [0.15, 0.2) is 60.9 Å². The van der Waals surface area contributed by atoms with Gasteiger partial charge in [0.05, 0.1) is 10.9 Å². The van der Waals surface area contributed by atoms with E-state index in [-0.39, 0.29) is 5.69 Å². The Morgan fingerprint density at radius 2 is 1.75 bits per heavy atom. The minimum Gasteiger partial charge on any atom is -0.369 e. The van der Waals surface area contributed by atoms with E-state index in [0.717, 1.165) is 37.3 Å². The molecule has 36 heavy (non-hydrogen) atoms. The number of rotatable bonds is 7. The molecule has 6 rings (SSSR count). The molecular weight excluding hydrogens is 481 g/mol. The first kappa shape index (κ1) is 22.7. The van der Waals surface area contributed by atoms with Crippen LogP contribution in [-0.2, 0) is 10.0 Å². The molecule has 1 saturated heterocycles. The molecule has 0 bridgehead atoms. The number of piperazine rings is 1. The van der Waals surface area contributed by atoms with Crippen LogP contribution in [0.4, 0.5) is 27.4 Å². The summed E-state index contributed by atoms with van der Waals surface area (Å²) < 4.78 is 43.3. The highest BCUT2D eigenvalue weighted by Crippen LogP contribution is 2.31. The third kappa shape index (κ3) is 4.59. The second-order valence-electron chi connectivity index (χ2n) is 9.08. The van der Waals surface area contributed by atoms with Gasteiger partial charge in [-0.15, -0.1) is 0 Å². The van der Waals surface area contributed by atoms with Gasteiger partial charge < -0.3 is 20.1 Å². The lowest BCUT2D eigenvalue weighted by Crippen LogP contribution is -2.43. The third-order valence-electron chi connectivity index (χ3n) is 6.48. The van der Waals surface area contributed by atoms with E-state index in [1.165, 1.54) is 17.8 Å². The molecule has 9 nitrogen and oxygen atoms in total. The Morgan fingerprint density at radius 3 is 2.50 bits per heavy atom. The van der Waals surface area contributed by atoms with Crippen molar-refractivity contribution in [3.63, 3.8) is 0 Å². The van der Waals surface area contributed by atoms with Crippen molar-refractivity contribution in [3.8, 4) is 5.69 Å². The monoisotopic (exact) mass is 507 g/mol. The van der Waals surface area contributed by atoms with Gasteiger partial charge >= 0.3 is 0 Å². The molecule has 0 spiro atoms. The molecular formula is C25H26FN7O2S. The zero-order chi connectivity index (χ0) is 24.7. The number of hydrogen-bond acceptors (Lipinski definition) is 7. The van der Waals surface area contributed by atoms with Gasteiger partial charge in [-0.25, -0.2) is 17.8 Å². The van der Waals surface area contributed by atoms with E-state index in [1.807, 2.05) is 18.2 Å². The first-order chi connectivity index (χ1) is 17.5. The van der Waals surface area contributed by atoms with Gasteiger partial charge in [-0.05, 0) is 61.4 Å². The number of sulfonamides is 1. The standard InChI is InChI=1S/C25H26FN7O2S/c26-22-8-5-20(15-23(22)31-36(34,35)21-6-7-21)33-12-9-17-16-28-25(30-24(17)33)29-18-1-3-19(4-2-18)32-13-10-27-11-14-32/h1-5,8-9,12,15-16,21,27,31H,6-7,10-11,13-14H2,(H,28,29,30). The van der Waals surface area contributed by atoms with Crippen molar-refractivity contribution in [2.24, 2.45) is 0 Å². The summed E-state index contributed by atoms with van der Waals surface area (Å²) in [6.07, 6.45) is 4.72. The average Bonchev–Trinajstić information content (AvgIpc) is 3.68. The van der Waals surface area contributed by atoms with E-state index in [2.05, 4.69) is 42.4 Å². The maximum atomic E-state index is 14.4. The molecule has 2 fully saturated rings. The summed E-state index contributed by atoms with van der Waals surface area (Å²) in [5.41, 5.74) is 3.18. The van der Waals surface area contributed by atoms with Gasteiger partial charge in [0.15, 0.2) is 0 Å². The zero-order valence-corrected chi connectivity index (χ0v) is 20.3. The molecule has 186 valence electrons. The number of aromatic nitrogens is 3. The van der Waals surface area contributed by atoms with Crippen molar-refractivity contribution in [2.75, 3.05) is 41.1 Å². The van der Waals surface area contributed by atoms with Crippen LogP contribution in [0.2, 0.25) is 0 Å². The van der Waals surface area contributed by atoms with E-state index < -0.39 is 21.1 Å². The highest BCUT2D eigenvalue weighted by Gasteiger charge is 2.36. The molecule has 0 radical (unpaired) electrons. The average molecular weight is 508 g/mol. The highest BCUT2D eigenvalue weighted by molar-refractivity contribution is 7.93. The lowest BCUT2D eigenvalue weighted by Gasteiger charge is -2.29. The molecule has 1 aliphatic carbocycles. The Balaban J connectivity index is 1.25. The van der Waals surface area contributed by atoms with Crippen molar-refractivity contribution < 1.29 is 12.8 Å². The minimum absolute atomic E-state index is 0.0711. The fraction of sp³-hybridized carbons (Fsp3) is 0.280. The summed E-state index contributed by atoms with van der Waals surface area (Å²) in [4.78, 5) is 11.4. The lowest BCUT2D eigenvalue weighted by molar-refractivity contribution is 0.589. The third-order valence-corrected chi connectivity index (χ3v) is 8.33. The number of benzene rings is 2. The number of halogens is 1. The quantitative estimate of drug-likeness (QED) is 0.351. The first-order valence-corrected chi connectivity index (χ1v) is 13.5. The fourth-order valence-electron chi connectivity index (χ4n) is 4.35. The number of nitrogens with one attached hydrogen (secondary N) is 3. The number of hydrogen-bond donors (Lipinski definition) is 3. The predicted molar refractivity (Wildman–Crippen MR) is 139 cm³/mol. The van der Waals surface area contributed by atoms with Crippen LogP contribution in [0, 0.1) is 5.82 Å². The van der Waals surface area contributed by atoms with Crippen molar-refractivity contribution in [3.05, 3.63) is 66.7 Å². The SMILES string of the molecule is O=S(=O)(Nc1cc(-n2ccc3cnc(Nc4ccc(N5CCNCC5)cc4)nc32)ccc1F)C1CC1. The van der Waals surface area contributed by atoms with Crippen LogP contribution in [-0.4, -0.2) is 54.4 Å². The molecule has 3 N–H and O–H groups in total. The second kappa shape index (κ2) is 9.07. The van der Waals surface area contributed by atoms with Gasteiger partial charge in [-0.1, -0.05) is 0 Å². The van der Waals surface area contributed by atoms with E-state index in [1.54, 1.807) is 23.0 Å². The van der Waals surface area contributed by atoms with Crippen LogP contribution in [0.1, 0.15) is 12.8 Å². The Hall–Kier alpha value is -3.70. The fourth-order valence-corrected chi connectivity index (χ4v) is 5.74. The normalized spacial score (nSPS) is 16.3. The number of nitrogens with zero attached hydrogens (tertiary/aromatic N) is 4. The van der Waals surface area contributed by atoms with Crippen molar-refractivity contribution in [2.45, 2.75) is 18.1 Å². The van der Waals surface area contributed by atoms with Crippen LogP contribution < -0.4 is 20.3 Å². The summed E-state index contributed by atoms with van der Waals surface area (Å²) in [7, 11) is -3.58. The second-order valence-corrected chi connectivity index (χ2v) is 11.0. The number of fused-ring (bicyclic) bond motifs is 1. The molecule has 0 atom stereocenters. The molecule has 11 heteroatoms. The largest absolute Gasteiger partial charge is 0.369 e. The number of anilines is 4. The van der Waals surface area contributed by atoms with Gasteiger partial charge in [0, 0.05) is 61.0 Å². The van der Waals surface area contributed by atoms with Crippen LogP contribution >= 0.6 is 0 Å². The zero-order valence-electron chi connectivity index (χ0n) is 19.5. The van der Waals surface area contributed by atoms with Crippen molar-refractivity contribution >= 4 is 44.1 Å². The molecule has 0 unspecified atom stereocenters. The van der Waals surface area contributed by atoms with Crippen LogP contribution in [0.3, 0.4) is 0 Å². The van der Waals surface area contributed by atoms with Crippen LogP contribution in [0.25, 0.3) is 16.7 Å². The molecule has 3 heterocycles. The van der Waals surface area contributed by atoms with Crippen molar-refractivity contribution in [1.82, 2.24) is 19.9 Å². The Labute approximate surface area is 208 Å². The molecule has 4 aromatic rings. The predicted octanol–water partition coefficient (Wildman–Crippen LogP) is 3.62. The molecule has 2 aromatic carbocycles. The van der Waals surface area contributed by atoms with E-state index in [4.69, 9.17) is 0 Å². The van der Waals surface area contributed by atoms with Gasteiger partial charge in [0.25, 0.3) is 0 Å². The maximum Gasteiger partial charge on any atom is 0.235 e. The highest BCUT2D eigenvalue weighted by atomic mass is 32.2. The van der Waals surface area contributed by atoms with Gasteiger partial charge in [-0.2, -0.15) is 4.98 Å². The molecule has 2 aliphatic rings. The summed E-state index contributed by atoms with van der Waals surface area (Å²) in [6.45, 7) is 3.93. The Morgan fingerprint density at radius 1 is 1.00 bits per heavy atom. The summed E-state index contributed by atoms with van der Waals surface area (Å²) in [5, 5.41) is 6.97. The Kier molecular flexibility index (Phi) is 5.73. The minimum atomic E-state index is -3.58. The van der Waals surface area contributed by atoms with E-state index in [9.17, 15) is 12.8 Å². The lowest BCUT2D eigenvalue weighted by atomic mass is 10.2. The summed E-state index contributed by atoms with van der Waals surface area (Å²) in [6, 6.07) is 14.4. The molecule has 1 aliphatic heterocycles.